The molecule has 2 saturated heterocycles. The van der Waals surface area contributed by atoms with Gasteiger partial charge in [0.05, 0.1) is 5.41 Å². The van der Waals surface area contributed by atoms with Crippen LogP contribution in [-0.2, 0) is 9.53 Å². The Kier molecular flexibility index (Phi) is 5.32. The molecule has 2 unspecified atom stereocenters. The van der Waals surface area contributed by atoms with Crippen molar-refractivity contribution in [2.45, 2.75) is 57.0 Å². The van der Waals surface area contributed by atoms with Crippen LogP contribution in [0.2, 0.25) is 0 Å². The van der Waals surface area contributed by atoms with Crippen molar-refractivity contribution in [1.82, 2.24) is 10.2 Å². The van der Waals surface area contributed by atoms with Crippen LogP contribution in [0, 0.1) is 5.41 Å². The van der Waals surface area contributed by atoms with Gasteiger partial charge in [0.15, 0.2) is 0 Å². The van der Waals surface area contributed by atoms with Crippen LogP contribution in [0.5, 0.6) is 0 Å². The van der Waals surface area contributed by atoms with Crippen molar-refractivity contribution in [2.24, 2.45) is 5.41 Å². The van der Waals surface area contributed by atoms with E-state index < -0.39 is 0 Å². The average Bonchev–Trinajstić information content (AvgIpc) is 2.61. The Hall–Kier alpha value is -0.320. The van der Waals surface area contributed by atoms with Crippen LogP contribution in [0.25, 0.3) is 0 Å². The molecule has 0 radical (unpaired) electrons. The predicted molar refractivity (Wildman–Crippen MR) is 81.2 cm³/mol. The van der Waals surface area contributed by atoms with Crippen LogP contribution >= 0.6 is 12.4 Å². The number of fused-ring (bicyclic) bond motifs is 2. The van der Waals surface area contributed by atoms with E-state index >= 15 is 0 Å². The van der Waals surface area contributed by atoms with E-state index in [-0.39, 0.29) is 17.8 Å². The molecule has 2 atom stereocenters. The van der Waals surface area contributed by atoms with Gasteiger partial charge in [0.25, 0.3) is 0 Å². The summed E-state index contributed by atoms with van der Waals surface area (Å²) in [5.41, 5.74) is -0.0822. The molecule has 3 rings (SSSR count). The van der Waals surface area contributed by atoms with E-state index in [0.29, 0.717) is 24.6 Å². The maximum absolute atomic E-state index is 13.1. The van der Waals surface area contributed by atoms with E-state index in [1.807, 2.05) is 0 Å². The second kappa shape index (κ2) is 6.63. The van der Waals surface area contributed by atoms with Gasteiger partial charge in [0.2, 0.25) is 5.91 Å². The van der Waals surface area contributed by atoms with Crippen LogP contribution in [0.3, 0.4) is 0 Å². The Labute approximate surface area is 128 Å². The lowest BCUT2D eigenvalue weighted by atomic mass is 9.65. The van der Waals surface area contributed by atoms with E-state index in [0.717, 1.165) is 38.8 Å². The number of methoxy groups -OCH3 is 1. The van der Waals surface area contributed by atoms with Crippen molar-refractivity contribution in [2.75, 3.05) is 26.8 Å². The third kappa shape index (κ3) is 2.70. The number of amides is 1. The molecule has 0 aromatic carbocycles. The first kappa shape index (κ1) is 16.1. The SMILES string of the molecule is COCCC1(C(=O)N2C3CCNCC2CC3)CCC1.Cl. The summed E-state index contributed by atoms with van der Waals surface area (Å²) >= 11 is 0. The number of carbonyl (C=O) groups excluding carboxylic acids is 1. The number of nitrogens with zero attached hydrogens (tertiary/aromatic N) is 1. The summed E-state index contributed by atoms with van der Waals surface area (Å²) in [6.45, 7) is 2.77. The highest BCUT2D eigenvalue weighted by atomic mass is 35.5. The molecule has 2 bridgehead atoms. The van der Waals surface area contributed by atoms with E-state index in [4.69, 9.17) is 4.74 Å². The van der Waals surface area contributed by atoms with Gasteiger partial charge < -0.3 is 15.0 Å². The second-order valence-electron chi connectivity index (χ2n) is 6.47. The molecule has 116 valence electrons. The Morgan fingerprint density at radius 1 is 1.30 bits per heavy atom. The summed E-state index contributed by atoms with van der Waals surface area (Å²) in [5.74, 6) is 0.437. The fourth-order valence-electron chi connectivity index (χ4n) is 4.06. The third-order valence-electron chi connectivity index (χ3n) is 5.44. The number of nitrogens with one attached hydrogen (secondary N) is 1. The summed E-state index contributed by atoms with van der Waals surface area (Å²) < 4.78 is 5.22. The van der Waals surface area contributed by atoms with Gasteiger partial charge in [0, 0.05) is 32.3 Å². The minimum atomic E-state index is -0.0822. The molecule has 5 heteroatoms. The number of hydrogen-bond donors (Lipinski definition) is 1. The Morgan fingerprint density at radius 2 is 2.05 bits per heavy atom. The first-order valence-electron chi connectivity index (χ1n) is 7.79. The smallest absolute Gasteiger partial charge is 0.229 e. The molecule has 4 nitrogen and oxygen atoms in total. The zero-order valence-corrected chi connectivity index (χ0v) is 13.2. The first-order valence-corrected chi connectivity index (χ1v) is 7.79. The van der Waals surface area contributed by atoms with Crippen molar-refractivity contribution in [3.63, 3.8) is 0 Å². The quantitative estimate of drug-likeness (QED) is 0.863. The molecular weight excluding hydrogens is 276 g/mol. The lowest BCUT2D eigenvalue weighted by Crippen LogP contribution is -2.53. The minimum Gasteiger partial charge on any atom is -0.385 e. The lowest BCUT2D eigenvalue weighted by molar-refractivity contribution is -0.152. The topological polar surface area (TPSA) is 41.6 Å². The van der Waals surface area contributed by atoms with Crippen LogP contribution in [0.4, 0.5) is 0 Å². The fourth-order valence-corrected chi connectivity index (χ4v) is 4.06. The number of ether oxygens (including phenoxy) is 1. The van der Waals surface area contributed by atoms with Gasteiger partial charge in [-0.1, -0.05) is 6.42 Å². The van der Waals surface area contributed by atoms with Gasteiger partial charge in [-0.15, -0.1) is 12.4 Å². The van der Waals surface area contributed by atoms with Gasteiger partial charge in [-0.25, -0.2) is 0 Å². The van der Waals surface area contributed by atoms with Gasteiger partial charge in [-0.3, -0.25) is 4.79 Å². The Balaban J connectivity index is 0.00000147. The Bertz CT molecular complexity index is 333. The monoisotopic (exact) mass is 302 g/mol. The molecule has 0 aromatic heterocycles. The molecule has 1 N–H and O–H groups in total. The predicted octanol–water partition coefficient (Wildman–Crippen LogP) is 1.97. The van der Waals surface area contributed by atoms with E-state index in [9.17, 15) is 4.79 Å². The molecule has 2 heterocycles. The third-order valence-corrected chi connectivity index (χ3v) is 5.44. The van der Waals surface area contributed by atoms with Gasteiger partial charge in [-0.2, -0.15) is 0 Å². The average molecular weight is 303 g/mol. The maximum atomic E-state index is 13.1. The van der Waals surface area contributed by atoms with E-state index in [1.54, 1.807) is 7.11 Å². The van der Waals surface area contributed by atoms with Crippen LogP contribution in [0.1, 0.15) is 44.9 Å². The van der Waals surface area contributed by atoms with Gasteiger partial charge in [-0.05, 0) is 45.1 Å². The molecule has 1 aliphatic carbocycles. The van der Waals surface area contributed by atoms with Crippen molar-refractivity contribution >= 4 is 18.3 Å². The summed E-state index contributed by atoms with van der Waals surface area (Å²) in [7, 11) is 1.73. The maximum Gasteiger partial charge on any atom is 0.229 e. The Morgan fingerprint density at radius 3 is 2.70 bits per heavy atom. The van der Waals surface area contributed by atoms with Crippen LogP contribution in [0.15, 0.2) is 0 Å². The molecule has 0 aromatic rings. The standard InChI is InChI=1S/C15H26N2O2.ClH/c1-19-10-8-15(6-2-7-15)14(18)17-12-3-4-13(17)11-16-9-5-12;/h12-13,16H,2-11H2,1H3;1H. The molecule has 3 aliphatic rings. The van der Waals surface area contributed by atoms with E-state index in [2.05, 4.69) is 10.2 Å². The molecule has 3 fully saturated rings. The van der Waals surface area contributed by atoms with E-state index in [1.165, 1.54) is 19.3 Å². The summed E-state index contributed by atoms with van der Waals surface area (Å²) in [6, 6.07) is 0.938. The number of halogens is 1. The minimum absolute atomic E-state index is 0. The molecule has 20 heavy (non-hydrogen) atoms. The summed E-state index contributed by atoms with van der Waals surface area (Å²) in [4.78, 5) is 15.3. The molecule has 1 saturated carbocycles. The van der Waals surface area contributed by atoms with Crippen molar-refractivity contribution in [3.8, 4) is 0 Å². The summed E-state index contributed by atoms with van der Waals surface area (Å²) in [5, 5.41) is 3.48. The van der Waals surface area contributed by atoms with Gasteiger partial charge in [0.1, 0.15) is 0 Å². The van der Waals surface area contributed by atoms with Crippen LogP contribution < -0.4 is 5.32 Å². The zero-order chi connectivity index (χ0) is 13.3. The second-order valence-corrected chi connectivity index (χ2v) is 6.47. The highest BCUT2D eigenvalue weighted by molar-refractivity contribution is 5.85. The number of carbonyl (C=O) groups is 1. The number of hydrogen-bond acceptors (Lipinski definition) is 3. The fraction of sp³-hybridized carbons (Fsp3) is 0.933. The largest absolute Gasteiger partial charge is 0.385 e. The summed E-state index contributed by atoms with van der Waals surface area (Å²) in [6.07, 6.45) is 7.77. The normalized spacial score (nSPS) is 31.1. The van der Waals surface area contributed by atoms with Crippen molar-refractivity contribution in [1.29, 1.82) is 0 Å². The van der Waals surface area contributed by atoms with Gasteiger partial charge >= 0.3 is 0 Å². The molecule has 1 amide bonds. The van der Waals surface area contributed by atoms with Crippen molar-refractivity contribution < 1.29 is 9.53 Å². The van der Waals surface area contributed by atoms with Crippen LogP contribution in [-0.4, -0.2) is 49.7 Å². The highest BCUT2D eigenvalue weighted by Gasteiger charge is 2.50. The molecule has 0 spiro atoms. The first-order chi connectivity index (χ1) is 9.27. The lowest BCUT2D eigenvalue weighted by Gasteiger charge is -2.45. The zero-order valence-electron chi connectivity index (χ0n) is 12.4. The molecule has 2 aliphatic heterocycles. The van der Waals surface area contributed by atoms with Crippen molar-refractivity contribution in [3.05, 3.63) is 0 Å². The molecular formula is C15H27ClN2O2. The number of rotatable bonds is 4. The highest BCUT2D eigenvalue weighted by Crippen LogP contribution is 2.47.